The minimum atomic E-state index is -4.75. The Bertz CT molecular complexity index is 506. The summed E-state index contributed by atoms with van der Waals surface area (Å²) in [4.78, 5) is 10.7. The molecule has 106 valence electrons. The van der Waals surface area contributed by atoms with Crippen molar-refractivity contribution in [1.82, 2.24) is 0 Å². The molecule has 1 aromatic rings. The molecule has 0 radical (unpaired) electrons. The number of benzene rings is 1. The molecule has 4 nitrogen and oxygen atoms in total. The van der Waals surface area contributed by atoms with Crippen LogP contribution in [0.5, 0.6) is 11.5 Å². The molecule has 0 aliphatic heterocycles. The van der Waals surface area contributed by atoms with Gasteiger partial charge < -0.3 is 15.3 Å². The van der Waals surface area contributed by atoms with Crippen LogP contribution in [0.2, 0.25) is 0 Å². The molecule has 0 aliphatic rings. The molecule has 19 heavy (non-hydrogen) atoms. The van der Waals surface area contributed by atoms with Crippen molar-refractivity contribution in [3.8, 4) is 11.5 Å². The van der Waals surface area contributed by atoms with Crippen molar-refractivity contribution < 1.29 is 33.3 Å². The van der Waals surface area contributed by atoms with Gasteiger partial charge in [-0.15, -0.1) is 0 Å². The molecule has 0 fully saturated rings. The van der Waals surface area contributed by atoms with Crippen molar-refractivity contribution in [2.45, 2.75) is 31.9 Å². The summed E-state index contributed by atoms with van der Waals surface area (Å²) >= 11 is 0. The predicted molar refractivity (Wildman–Crippen MR) is 60.1 cm³/mol. The molecule has 0 saturated carbocycles. The molecule has 0 spiro atoms. The molecule has 0 heterocycles. The van der Waals surface area contributed by atoms with Crippen molar-refractivity contribution in [2.24, 2.45) is 0 Å². The Morgan fingerprint density at radius 3 is 2.16 bits per heavy atom. The summed E-state index contributed by atoms with van der Waals surface area (Å²) in [7, 11) is 0. The number of carboxylic acids is 1. The molecule has 0 atom stereocenters. The Balaban J connectivity index is 3.55. The Kier molecular flexibility index (Phi) is 3.70. The van der Waals surface area contributed by atoms with E-state index in [1.54, 1.807) is 0 Å². The standard InChI is InChI=1S/C12H13F3O4/c1-11(2,5-8(17)18)9-6(12(13,14)15)3-4-7(16)10(9)19/h3-4,16,19H,5H2,1-2H3,(H,17,18). The maximum atomic E-state index is 12.9. The maximum absolute atomic E-state index is 12.9. The summed E-state index contributed by atoms with van der Waals surface area (Å²) in [5.41, 5.74) is -3.27. The molecule has 0 amide bonds. The number of hydrogen-bond acceptors (Lipinski definition) is 3. The third kappa shape index (κ3) is 3.10. The number of alkyl halides is 3. The quantitative estimate of drug-likeness (QED) is 0.743. The lowest BCUT2D eigenvalue weighted by atomic mass is 9.78. The molecule has 0 aliphatic carbocycles. The topological polar surface area (TPSA) is 77.8 Å². The first kappa shape index (κ1) is 15.1. The monoisotopic (exact) mass is 278 g/mol. The van der Waals surface area contributed by atoms with Crippen LogP contribution in [0.3, 0.4) is 0 Å². The zero-order chi connectivity index (χ0) is 15.0. The van der Waals surface area contributed by atoms with Crippen molar-refractivity contribution in [3.05, 3.63) is 23.3 Å². The van der Waals surface area contributed by atoms with Gasteiger partial charge >= 0.3 is 12.1 Å². The van der Waals surface area contributed by atoms with Gasteiger partial charge in [0.25, 0.3) is 0 Å². The predicted octanol–water partition coefficient (Wildman–Crippen LogP) is 2.87. The van der Waals surface area contributed by atoms with E-state index in [9.17, 15) is 28.2 Å². The molecule has 7 heteroatoms. The second kappa shape index (κ2) is 4.64. The highest BCUT2D eigenvalue weighted by Crippen LogP contribution is 2.46. The van der Waals surface area contributed by atoms with Crippen LogP contribution in [-0.2, 0) is 16.4 Å². The van der Waals surface area contributed by atoms with E-state index in [0.29, 0.717) is 6.07 Å². The van der Waals surface area contributed by atoms with Crippen molar-refractivity contribution in [1.29, 1.82) is 0 Å². The molecule has 0 aromatic heterocycles. The number of hydrogen-bond donors (Lipinski definition) is 3. The number of rotatable bonds is 3. The van der Waals surface area contributed by atoms with E-state index in [1.807, 2.05) is 0 Å². The number of aliphatic carboxylic acids is 1. The van der Waals surface area contributed by atoms with E-state index >= 15 is 0 Å². The number of phenols is 2. The smallest absolute Gasteiger partial charge is 0.416 e. The minimum absolute atomic E-state index is 0.618. The lowest BCUT2D eigenvalue weighted by Crippen LogP contribution is -2.26. The third-order valence-electron chi connectivity index (χ3n) is 2.73. The Morgan fingerprint density at radius 1 is 1.21 bits per heavy atom. The summed E-state index contributed by atoms with van der Waals surface area (Å²) in [5.74, 6) is -2.97. The van der Waals surface area contributed by atoms with Crippen LogP contribution in [0.25, 0.3) is 0 Å². The van der Waals surface area contributed by atoms with Crippen molar-refractivity contribution in [2.75, 3.05) is 0 Å². The van der Waals surface area contributed by atoms with Crippen LogP contribution in [0, 0.1) is 0 Å². The first-order valence-electron chi connectivity index (χ1n) is 5.31. The Labute approximate surface area is 107 Å². The zero-order valence-corrected chi connectivity index (χ0v) is 10.2. The molecule has 1 rings (SSSR count). The number of phenolic OH excluding ortho intramolecular Hbond substituents is 2. The van der Waals surface area contributed by atoms with E-state index < -0.39 is 46.6 Å². The van der Waals surface area contributed by atoms with Gasteiger partial charge in [0, 0.05) is 11.0 Å². The number of carboxylic acid groups (broad SMARTS) is 1. The number of halogens is 3. The van der Waals surface area contributed by atoms with E-state index in [0.717, 1.165) is 6.07 Å². The van der Waals surface area contributed by atoms with E-state index in [1.165, 1.54) is 13.8 Å². The number of aromatic hydroxyl groups is 2. The van der Waals surface area contributed by atoms with Crippen molar-refractivity contribution >= 4 is 5.97 Å². The summed E-state index contributed by atoms with van der Waals surface area (Å²) in [6.07, 6.45) is -5.37. The second-order valence-electron chi connectivity index (χ2n) is 4.81. The van der Waals surface area contributed by atoms with E-state index in [-0.39, 0.29) is 0 Å². The first-order valence-corrected chi connectivity index (χ1v) is 5.31. The van der Waals surface area contributed by atoms with Crippen LogP contribution in [0.1, 0.15) is 31.4 Å². The van der Waals surface area contributed by atoms with Crippen LogP contribution in [0.4, 0.5) is 13.2 Å². The molecule has 0 unspecified atom stereocenters. The average Bonchev–Trinajstić information content (AvgIpc) is 2.17. The molecule has 0 bridgehead atoms. The molecular weight excluding hydrogens is 265 g/mol. The van der Waals surface area contributed by atoms with Gasteiger partial charge in [-0.25, -0.2) is 0 Å². The van der Waals surface area contributed by atoms with Gasteiger partial charge in [-0.1, -0.05) is 13.8 Å². The first-order chi connectivity index (χ1) is 8.47. The Hall–Kier alpha value is -1.92. The fourth-order valence-electron chi connectivity index (χ4n) is 1.97. The van der Waals surface area contributed by atoms with E-state index in [4.69, 9.17) is 5.11 Å². The van der Waals surface area contributed by atoms with Gasteiger partial charge in [0.2, 0.25) is 0 Å². The lowest BCUT2D eigenvalue weighted by molar-refractivity contribution is -0.141. The van der Waals surface area contributed by atoms with Gasteiger partial charge in [0.05, 0.1) is 12.0 Å². The maximum Gasteiger partial charge on any atom is 0.416 e. The summed E-state index contributed by atoms with van der Waals surface area (Å²) < 4.78 is 38.7. The normalized spacial score (nSPS) is 12.5. The minimum Gasteiger partial charge on any atom is -0.504 e. The fourth-order valence-corrected chi connectivity index (χ4v) is 1.97. The van der Waals surface area contributed by atoms with Crippen LogP contribution < -0.4 is 0 Å². The Morgan fingerprint density at radius 2 is 1.74 bits per heavy atom. The van der Waals surface area contributed by atoms with E-state index in [2.05, 4.69) is 0 Å². The molecule has 1 aromatic carbocycles. The van der Waals surface area contributed by atoms with Gasteiger partial charge in [0.1, 0.15) is 0 Å². The van der Waals surface area contributed by atoms with Gasteiger partial charge in [-0.2, -0.15) is 13.2 Å². The molecule has 3 N–H and O–H groups in total. The summed E-state index contributed by atoms with van der Waals surface area (Å²) in [6.45, 7) is 2.51. The summed E-state index contributed by atoms with van der Waals surface area (Å²) in [5, 5.41) is 27.7. The largest absolute Gasteiger partial charge is 0.504 e. The summed E-state index contributed by atoms with van der Waals surface area (Å²) in [6, 6.07) is 1.34. The van der Waals surface area contributed by atoms with Gasteiger partial charge in [-0.3, -0.25) is 4.79 Å². The zero-order valence-electron chi connectivity index (χ0n) is 10.2. The SMILES string of the molecule is CC(C)(CC(=O)O)c1c(C(F)(F)F)ccc(O)c1O. The van der Waals surface area contributed by atoms with Gasteiger partial charge in [0.15, 0.2) is 11.5 Å². The third-order valence-corrected chi connectivity index (χ3v) is 2.73. The van der Waals surface area contributed by atoms with Crippen molar-refractivity contribution in [3.63, 3.8) is 0 Å². The highest BCUT2D eigenvalue weighted by molar-refractivity contribution is 5.70. The van der Waals surface area contributed by atoms with Crippen LogP contribution in [0.15, 0.2) is 12.1 Å². The molecular formula is C12H13F3O4. The highest BCUT2D eigenvalue weighted by atomic mass is 19.4. The second-order valence-corrected chi connectivity index (χ2v) is 4.81. The highest BCUT2D eigenvalue weighted by Gasteiger charge is 2.41. The van der Waals surface area contributed by atoms with Crippen LogP contribution >= 0.6 is 0 Å². The van der Waals surface area contributed by atoms with Gasteiger partial charge in [-0.05, 0) is 12.1 Å². The fraction of sp³-hybridized carbons (Fsp3) is 0.417. The number of carbonyl (C=O) groups is 1. The van der Waals surface area contributed by atoms with Crippen LogP contribution in [-0.4, -0.2) is 21.3 Å². The lowest BCUT2D eigenvalue weighted by Gasteiger charge is -2.28. The average molecular weight is 278 g/mol. The molecule has 0 saturated heterocycles.